The Morgan fingerprint density at radius 1 is 1.13 bits per heavy atom. The number of rotatable bonds is 8. The maximum atomic E-state index is 12.7. The summed E-state index contributed by atoms with van der Waals surface area (Å²) in [5.74, 6) is 0.807. The Morgan fingerprint density at radius 2 is 1.90 bits per heavy atom. The van der Waals surface area contributed by atoms with Gasteiger partial charge in [0, 0.05) is 6.07 Å². The number of nitrogens with zero attached hydrogens (tertiary/aromatic N) is 2. The molecule has 2 N–H and O–H groups in total. The highest BCUT2D eigenvalue weighted by molar-refractivity contribution is 7.92. The predicted octanol–water partition coefficient (Wildman–Crippen LogP) is 3.83. The summed E-state index contributed by atoms with van der Waals surface area (Å²) in [5, 5.41) is 15.5. The molecule has 156 valence electrons. The molecule has 3 rings (SSSR count). The van der Waals surface area contributed by atoms with Gasteiger partial charge in [0.2, 0.25) is 0 Å². The summed E-state index contributed by atoms with van der Waals surface area (Å²) in [6.07, 6.45) is 1.48. The van der Waals surface area contributed by atoms with Gasteiger partial charge in [-0.15, -0.1) is 0 Å². The third kappa shape index (κ3) is 4.58. The number of anilines is 2. The van der Waals surface area contributed by atoms with Crippen LogP contribution in [0, 0.1) is 10.1 Å². The Balaban J connectivity index is 1.90. The van der Waals surface area contributed by atoms with Gasteiger partial charge in [-0.05, 0) is 43.3 Å². The highest BCUT2D eigenvalue weighted by atomic mass is 32.2. The lowest BCUT2D eigenvalue weighted by atomic mass is 10.3. The summed E-state index contributed by atoms with van der Waals surface area (Å²) in [5.41, 5.74) is 2.83. The molecule has 0 saturated heterocycles. The van der Waals surface area contributed by atoms with Gasteiger partial charge in [-0.3, -0.25) is 20.3 Å². The van der Waals surface area contributed by atoms with Crippen LogP contribution in [0.3, 0.4) is 0 Å². The Kier molecular flexibility index (Phi) is 6.02. The maximum Gasteiger partial charge on any atom is 0.295 e. The zero-order valence-corrected chi connectivity index (χ0v) is 16.8. The zero-order chi connectivity index (χ0) is 21.7. The zero-order valence-electron chi connectivity index (χ0n) is 16.0. The average molecular weight is 430 g/mol. The van der Waals surface area contributed by atoms with Crippen molar-refractivity contribution >= 4 is 32.8 Å². The fourth-order valence-corrected chi connectivity index (χ4v) is 3.63. The number of hydrazone groups is 1. The minimum atomic E-state index is -4.10. The van der Waals surface area contributed by atoms with Gasteiger partial charge in [0.1, 0.15) is 22.9 Å². The predicted molar refractivity (Wildman–Crippen MR) is 111 cm³/mol. The number of hydrogen-bond acceptors (Lipinski definition) is 8. The quantitative estimate of drug-likeness (QED) is 0.315. The summed E-state index contributed by atoms with van der Waals surface area (Å²) in [6, 6.07) is 13.3. The fraction of sp³-hybridized carbons (Fsp3) is 0.105. The number of nitrogens with one attached hydrogen (secondary N) is 2. The lowest BCUT2D eigenvalue weighted by Crippen LogP contribution is -2.14. The molecule has 10 nitrogen and oxygen atoms in total. The van der Waals surface area contributed by atoms with Crippen LogP contribution in [-0.2, 0) is 10.0 Å². The van der Waals surface area contributed by atoms with Crippen molar-refractivity contribution in [3.05, 3.63) is 76.7 Å². The van der Waals surface area contributed by atoms with Gasteiger partial charge in [-0.25, -0.2) is 8.42 Å². The van der Waals surface area contributed by atoms with Crippen molar-refractivity contribution in [2.75, 3.05) is 17.3 Å². The van der Waals surface area contributed by atoms with Crippen LogP contribution in [-0.4, -0.2) is 26.2 Å². The molecule has 0 unspecified atom stereocenters. The molecule has 0 amide bonds. The topological polar surface area (TPSA) is 136 Å². The SMILES string of the molecule is COc1ccccc1NS(=O)(=O)c1ccc(NN=C(C)c2ccco2)c([N+](=O)[O-])c1. The van der Waals surface area contributed by atoms with Gasteiger partial charge in [0.05, 0.1) is 28.9 Å². The molecule has 0 aliphatic rings. The molecular weight excluding hydrogens is 412 g/mol. The van der Waals surface area contributed by atoms with Crippen LogP contribution in [0.5, 0.6) is 5.75 Å². The molecule has 0 radical (unpaired) electrons. The van der Waals surface area contributed by atoms with E-state index in [1.165, 1.54) is 31.6 Å². The van der Waals surface area contributed by atoms with E-state index in [4.69, 9.17) is 9.15 Å². The molecule has 1 heterocycles. The number of furan rings is 1. The van der Waals surface area contributed by atoms with Gasteiger partial charge in [-0.2, -0.15) is 5.10 Å². The molecule has 30 heavy (non-hydrogen) atoms. The van der Waals surface area contributed by atoms with Crippen molar-refractivity contribution in [2.24, 2.45) is 5.10 Å². The van der Waals surface area contributed by atoms with Crippen LogP contribution in [0.15, 0.2) is 75.3 Å². The molecule has 0 aliphatic carbocycles. The molecule has 0 bridgehead atoms. The van der Waals surface area contributed by atoms with Crippen LogP contribution >= 0.6 is 0 Å². The number of ether oxygens (including phenoxy) is 1. The number of para-hydroxylation sites is 2. The van der Waals surface area contributed by atoms with E-state index in [0.29, 0.717) is 17.2 Å². The molecule has 0 aliphatic heterocycles. The van der Waals surface area contributed by atoms with Crippen LogP contribution in [0.1, 0.15) is 12.7 Å². The highest BCUT2D eigenvalue weighted by Crippen LogP contribution is 2.30. The number of hydrogen-bond donors (Lipinski definition) is 2. The highest BCUT2D eigenvalue weighted by Gasteiger charge is 2.22. The Bertz CT molecular complexity index is 1190. The van der Waals surface area contributed by atoms with Gasteiger partial charge in [-0.1, -0.05) is 12.1 Å². The Morgan fingerprint density at radius 3 is 2.57 bits per heavy atom. The van der Waals surface area contributed by atoms with Gasteiger partial charge >= 0.3 is 0 Å². The van der Waals surface area contributed by atoms with Gasteiger partial charge < -0.3 is 9.15 Å². The summed E-state index contributed by atoms with van der Waals surface area (Å²) >= 11 is 0. The summed E-state index contributed by atoms with van der Waals surface area (Å²) in [6.45, 7) is 1.66. The van der Waals surface area contributed by atoms with Crippen molar-refractivity contribution in [2.45, 2.75) is 11.8 Å². The van der Waals surface area contributed by atoms with E-state index in [9.17, 15) is 18.5 Å². The van der Waals surface area contributed by atoms with E-state index in [-0.39, 0.29) is 16.3 Å². The molecule has 0 saturated carbocycles. The second kappa shape index (κ2) is 8.66. The first-order valence-electron chi connectivity index (χ1n) is 8.60. The first-order chi connectivity index (χ1) is 14.3. The van der Waals surface area contributed by atoms with E-state index in [1.54, 1.807) is 37.3 Å². The van der Waals surface area contributed by atoms with Crippen molar-refractivity contribution < 1.29 is 22.5 Å². The van der Waals surface area contributed by atoms with E-state index in [2.05, 4.69) is 15.2 Å². The molecular formula is C19H18N4O6S. The normalized spacial score (nSPS) is 11.7. The second-order valence-electron chi connectivity index (χ2n) is 6.03. The number of benzene rings is 2. The fourth-order valence-electron chi connectivity index (χ4n) is 2.54. The number of sulfonamides is 1. The van der Waals surface area contributed by atoms with Crippen LogP contribution in [0.4, 0.5) is 17.1 Å². The van der Waals surface area contributed by atoms with Crippen molar-refractivity contribution in [1.29, 1.82) is 0 Å². The molecule has 0 spiro atoms. The van der Waals surface area contributed by atoms with Crippen LogP contribution < -0.4 is 14.9 Å². The van der Waals surface area contributed by atoms with Crippen LogP contribution in [0.2, 0.25) is 0 Å². The molecule has 0 fully saturated rings. The third-order valence-electron chi connectivity index (χ3n) is 4.05. The maximum absolute atomic E-state index is 12.7. The van der Waals surface area contributed by atoms with E-state index in [1.807, 2.05) is 0 Å². The Hall–Kier alpha value is -3.86. The number of nitro groups is 1. The summed E-state index contributed by atoms with van der Waals surface area (Å²) in [7, 11) is -2.69. The minimum Gasteiger partial charge on any atom is -0.495 e. The van der Waals surface area contributed by atoms with E-state index in [0.717, 1.165) is 6.07 Å². The lowest BCUT2D eigenvalue weighted by molar-refractivity contribution is -0.384. The first kappa shape index (κ1) is 20.9. The third-order valence-corrected chi connectivity index (χ3v) is 5.41. The lowest BCUT2D eigenvalue weighted by Gasteiger charge is -2.12. The van der Waals surface area contributed by atoms with E-state index < -0.39 is 20.6 Å². The molecule has 0 atom stereocenters. The molecule has 3 aromatic rings. The average Bonchev–Trinajstić information content (AvgIpc) is 3.27. The smallest absolute Gasteiger partial charge is 0.295 e. The van der Waals surface area contributed by atoms with Crippen molar-refractivity contribution in [3.8, 4) is 5.75 Å². The standard InChI is InChI=1S/C19H18N4O6S/c1-13(18-8-5-11-29-18)20-21-15-10-9-14(12-17(15)23(24)25)30(26,27)22-16-6-3-4-7-19(16)28-2/h3-12,21-22H,1-2H3. The number of nitro benzene ring substituents is 1. The van der Waals surface area contributed by atoms with Gasteiger partial charge in [0.15, 0.2) is 0 Å². The Labute approximate surface area is 172 Å². The van der Waals surface area contributed by atoms with Gasteiger partial charge in [0.25, 0.3) is 15.7 Å². The summed E-state index contributed by atoms with van der Waals surface area (Å²) in [4.78, 5) is 10.5. The van der Waals surface area contributed by atoms with Crippen molar-refractivity contribution in [1.82, 2.24) is 0 Å². The van der Waals surface area contributed by atoms with Crippen LogP contribution in [0.25, 0.3) is 0 Å². The minimum absolute atomic E-state index is 0.0298. The molecule has 11 heteroatoms. The monoisotopic (exact) mass is 430 g/mol. The summed E-state index contributed by atoms with van der Waals surface area (Å²) < 4.78 is 38.2. The largest absolute Gasteiger partial charge is 0.495 e. The molecule has 1 aromatic heterocycles. The molecule has 2 aromatic carbocycles. The van der Waals surface area contributed by atoms with E-state index >= 15 is 0 Å². The number of methoxy groups -OCH3 is 1. The van der Waals surface area contributed by atoms with Crippen molar-refractivity contribution in [3.63, 3.8) is 0 Å². The first-order valence-corrected chi connectivity index (χ1v) is 10.1. The second-order valence-corrected chi connectivity index (χ2v) is 7.71.